The van der Waals surface area contributed by atoms with Crippen molar-refractivity contribution in [1.82, 2.24) is 4.98 Å². The van der Waals surface area contributed by atoms with Crippen LogP contribution in [-0.4, -0.2) is 35.3 Å². The molecule has 0 aliphatic carbocycles. The van der Waals surface area contributed by atoms with E-state index in [0.717, 1.165) is 54.2 Å². The standard InChI is InChI=1S/C27H31N3O4/c1-18(28)24-8-4-9-25(30-24)21-12-19(13-22(14-21)29-16-23-7-5-11-33-23)17-34-26-10-3-2-6-20(26)15-27(31)32/h2-4,6,8-10,12-14,18,23,29H,5,7,11,15-17,28H2,1H3,(H,31,32). The van der Waals surface area contributed by atoms with E-state index in [0.29, 0.717) is 17.9 Å². The quantitative estimate of drug-likeness (QED) is 0.406. The summed E-state index contributed by atoms with van der Waals surface area (Å²) in [4.78, 5) is 16.0. The molecule has 1 aliphatic heterocycles. The van der Waals surface area contributed by atoms with Crippen molar-refractivity contribution in [2.24, 2.45) is 5.73 Å². The smallest absolute Gasteiger partial charge is 0.307 e. The van der Waals surface area contributed by atoms with E-state index in [1.54, 1.807) is 12.1 Å². The Morgan fingerprint density at radius 2 is 2.09 bits per heavy atom. The van der Waals surface area contributed by atoms with Gasteiger partial charge in [0.05, 0.1) is 23.9 Å². The average Bonchev–Trinajstić information content (AvgIpc) is 3.36. The topological polar surface area (TPSA) is 107 Å². The number of anilines is 1. The first kappa shape index (κ1) is 23.7. The second-order valence-electron chi connectivity index (χ2n) is 8.64. The second kappa shape index (κ2) is 11.1. The number of ether oxygens (including phenoxy) is 2. The van der Waals surface area contributed by atoms with Crippen molar-refractivity contribution in [3.63, 3.8) is 0 Å². The molecular formula is C27H31N3O4. The fourth-order valence-corrected chi connectivity index (χ4v) is 4.04. The molecule has 0 saturated carbocycles. The predicted molar refractivity (Wildman–Crippen MR) is 132 cm³/mol. The minimum absolute atomic E-state index is 0.0849. The number of para-hydroxylation sites is 1. The molecule has 1 fully saturated rings. The fourth-order valence-electron chi connectivity index (χ4n) is 4.04. The predicted octanol–water partition coefficient (Wildman–Crippen LogP) is 4.57. The van der Waals surface area contributed by atoms with E-state index in [2.05, 4.69) is 11.4 Å². The number of carboxylic acid groups (broad SMARTS) is 1. The Bertz CT molecular complexity index is 1130. The van der Waals surface area contributed by atoms with Crippen molar-refractivity contribution in [2.45, 2.75) is 44.9 Å². The summed E-state index contributed by atoms with van der Waals surface area (Å²) in [7, 11) is 0. The van der Waals surface area contributed by atoms with Crippen LogP contribution in [0, 0.1) is 0 Å². The minimum atomic E-state index is -0.890. The highest BCUT2D eigenvalue weighted by atomic mass is 16.5. The summed E-state index contributed by atoms with van der Waals surface area (Å²) in [6.45, 7) is 3.76. The molecule has 1 aromatic heterocycles. The SMILES string of the molecule is CC(N)c1cccc(-c2cc(COc3ccccc3CC(=O)O)cc(NCC3CCCO3)c2)n1. The number of nitrogens with one attached hydrogen (secondary N) is 1. The molecule has 4 rings (SSSR count). The number of carboxylic acids is 1. The van der Waals surface area contributed by atoms with Gasteiger partial charge in [0, 0.05) is 36.0 Å². The van der Waals surface area contributed by atoms with E-state index < -0.39 is 5.97 Å². The monoisotopic (exact) mass is 461 g/mol. The fraction of sp³-hybridized carbons (Fsp3) is 0.333. The van der Waals surface area contributed by atoms with Gasteiger partial charge in [-0.3, -0.25) is 9.78 Å². The van der Waals surface area contributed by atoms with Crippen LogP contribution in [0.25, 0.3) is 11.3 Å². The first-order valence-corrected chi connectivity index (χ1v) is 11.6. The van der Waals surface area contributed by atoms with E-state index >= 15 is 0 Å². The molecule has 178 valence electrons. The Morgan fingerprint density at radius 1 is 1.24 bits per heavy atom. The number of nitrogens with two attached hydrogens (primary N) is 1. The molecule has 7 nitrogen and oxygen atoms in total. The van der Waals surface area contributed by atoms with Crippen LogP contribution in [0.1, 0.15) is 42.6 Å². The number of hydrogen-bond donors (Lipinski definition) is 3. The van der Waals surface area contributed by atoms with Crippen molar-refractivity contribution >= 4 is 11.7 Å². The van der Waals surface area contributed by atoms with Gasteiger partial charge in [-0.05, 0) is 61.7 Å². The first-order chi connectivity index (χ1) is 16.5. The lowest BCUT2D eigenvalue weighted by Gasteiger charge is -2.16. The van der Waals surface area contributed by atoms with Gasteiger partial charge in [-0.15, -0.1) is 0 Å². The third kappa shape index (κ3) is 6.34. The third-order valence-electron chi connectivity index (χ3n) is 5.79. The first-order valence-electron chi connectivity index (χ1n) is 11.6. The highest BCUT2D eigenvalue weighted by molar-refractivity contribution is 5.71. The molecule has 0 radical (unpaired) electrons. The Balaban J connectivity index is 1.59. The molecule has 2 aromatic carbocycles. The molecule has 34 heavy (non-hydrogen) atoms. The number of aromatic nitrogens is 1. The summed E-state index contributed by atoms with van der Waals surface area (Å²) < 4.78 is 11.8. The van der Waals surface area contributed by atoms with Gasteiger partial charge in [-0.2, -0.15) is 0 Å². The Morgan fingerprint density at radius 3 is 2.85 bits per heavy atom. The van der Waals surface area contributed by atoms with Crippen LogP contribution in [0.4, 0.5) is 5.69 Å². The summed E-state index contributed by atoms with van der Waals surface area (Å²) in [6.07, 6.45) is 2.28. The van der Waals surface area contributed by atoms with Gasteiger partial charge >= 0.3 is 5.97 Å². The maximum Gasteiger partial charge on any atom is 0.307 e. The third-order valence-corrected chi connectivity index (χ3v) is 5.79. The van der Waals surface area contributed by atoms with Crippen molar-refractivity contribution in [3.8, 4) is 17.0 Å². The highest BCUT2D eigenvalue weighted by Gasteiger charge is 2.16. The van der Waals surface area contributed by atoms with Crippen LogP contribution in [0.15, 0.2) is 60.7 Å². The molecule has 2 atom stereocenters. The molecule has 2 unspecified atom stereocenters. The molecule has 4 N–H and O–H groups in total. The molecular weight excluding hydrogens is 430 g/mol. The maximum absolute atomic E-state index is 11.2. The minimum Gasteiger partial charge on any atom is -0.489 e. The number of nitrogens with zero attached hydrogens (tertiary/aromatic N) is 1. The number of pyridine rings is 1. The lowest BCUT2D eigenvalue weighted by atomic mass is 10.0. The van der Waals surface area contributed by atoms with E-state index in [4.69, 9.17) is 20.2 Å². The summed E-state index contributed by atoms with van der Waals surface area (Å²) in [6, 6.07) is 19.1. The van der Waals surface area contributed by atoms with E-state index in [1.165, 1.54) is 0 Å². The molecule has 7 heteroatoms. The van der Waals surface area contributed by atoms with Crippen molar-refractivity contribution in [2.75, 3.05) is 18.5 Å². The van der Waals surface area contributed by atoms with E-state index in [1.807, 2.05) is 49.4 Å². The van der Waals surface area contributed by atoms with Gasteiger partial charge in [0.1, 0.15) is 12.4 Å². The number of hydrogen-bond acceptors (Lipinski definition) is 6. The zero-order valence-corrected chi connectivity index (χ0v) is 19.4. The van der Waals surface area contributed by atoms with Crippen molar-refractivity contribution < 1.29 is 19.4 Å². The highest BCUT2D eigenvalue weighted by Crippen LogP contribution is 2.27. The molecule has 0 spiro atoms. The lowest BCUT2D eigenvalue weighted by molar-refractivity contribution is -0.136. The van der Waals surface area contributed by atoms with Gasteiger partial charge in [0.2, 0.25) is 0 Å². The van der Waals surface area contributed by atoms with Crippen LogP contribution in [-0.2, 0) is 22.6 Å². The van der Waals surface area contributed by atoms with Gasteiger partial charge in [0.15, 0.2) is 0 Å². The van der Waals surface area contributed by atoms with Crippen LogP contribution < -0.4 is 15.8 Å². The van der Waals surface area contributed by atoms with Crippen LogP contribution in [0.3, 0.4) is 0 Å². The number of benzene rings is 2. The summed E-state index contributed by atoms with van der Waals surface area (Å²) in [5, 5.41) is 12.7. The second-order valence-corrected chi connectivity index (χ2v) is 8.64. The summed E-state index contributed by atoms with van der Waals surface area (Å²) >= 11 is 0. The molecule has 0 amide bonds. The van der Waals surface area contributed by atoms with Gasteiger partial charge in [-0.25, -0.2) is 0 Å². The van der Waals surface area contributed by atoms with Gasteiger partial charge < -0.3 is 25.6 Å². The Hall–Kier alpha value is -3.42. The largest absolute Gasteiger partial charge is 0.489 e. The summed E-state index contributed by atoms with van der Waals surface area (Å²) in [5.74, 6) is -0.319. The molecule has 1 saturated heterocycles. The Kier molecular flexibility index (Phi) is 7.77. The lowest BCUT2D eigenvalue weighted by Crippen LogP contribution is -2.18. The zero-order valence-electron chi connectivity index (χ0n) is 19.4. The Labute approximate surface area is 199 Å². The van der Waals surface area contributed by atoms with Crippen LogP contribution >= 0.6 is 0 Å². The van der Waals surface area contributed by atoms with Gasteiger partial charge in [0.25, 0.3) is 0 Å². The maximum atomic E-state index is 11.2. The number of rotatable bonds is 10. The van der Waals surface area contributed by atoms with Crippen molar-refractivity contribution in [3.05, 3.63) is 77.5 Å². The normalized spacial score (nSPS) is 16.2. The number of aliphatic carboxylic acids is 1. The van der Waals surface area contributed by atoms with Gasteiger partial charge in [-0.1, -0.05) is 24.3 Å². The van der Waals surface area contributed by atoms with Crippen molar-refractivity contribution in [1.29, 1.82) is 0 Å². The molecule has 1 aliphatic rings. The number of carbonyl (C=O) groups is 1. The molecule has 2 heterocycles. The van der Waals surface area contributed by atoms with E-state index in [9.17, 15) is 9.90 Å². The zero-order chi connectivity index (χ0) is 23.9. The average molecular weight is 462 g/mol. The summed E-state index contributed by atoms with van der Waals surface area (Å²) in [5.41, 5.74) is 11.2. The van der Waals surface area contributed by atoms with Crippen LogP contribution in [0.5, 0.6) is 5.75 Å². The van der Waals surface area contributed by atoms with E-state index in [-0.39, 0.29) is 18.6 Å². The molecule has 3 aromatic rings. The molecule has 0 bridgehead atoms. The van der Waals surface area contributed by atoms with Crippen LogP contribution in [0.2, 0.25) is 0 Å².